The highest BCUT2D eigenvalue weighted by atomic mass is 35.5. The molecule has 0 aliphatic rings. The molecule has 3 aromatic rings. The predicted molar refractivity (Wildman–Crippen MR) is 131 cm³/mol. The molecule has 0 atom stereocenters. The third-order valence-corrected chi connectivity index (χ3v) is 4.90. The van der Waals surface area contributed by atoms with Crippen LogP contribution in [0.1, 0.15) is 21.5 Å². The summed E-state index contributed by atoms with van der Waals surface area (Å²) < 4.78 is 10.9. The van der Waals surface area contributed by atoms with Gasteiger partial charge >= 0.3 is 0 Å². The topological polar surface area (TPSA) is 132 Å². The molecule has 0 aliphatic heterocycles. The number of aryl methyl sites for hydroxylation is 1. The summed E-state index contributed by atoms with van der Waals surface area (Å²) >= 11 is 6.31. The summed E-state index contributed by atoms with van der Waals surface area (Å²) in [5, 5.41) is 17.5. The van der Waals surface area contributed by atoms with E-state index in [9.17, 15) is 19.7 Å². The second-order valence-corrected chi connectivity index (χ2v) is 7.65. The molecule has 0 saturated carbocycles. The Morgan fingerprint density at radius 1 is 1.14 bits per heavy atom. The van der Waals surface area contributed by atoms with Gasteiger partial charge in [-0.25, -0.2) is 5.43 Å². The van der Waals surface area contributed by atoms with E-state index >= 15 is 0 Å². The van der Waals surface area contributed by atoms with E-state index in [4.69, 9.17) is 21.1 Å². The third-order valence-electron chi connectivity index (χ3n) is 4.62. The summed E-state index contributed by atoms with van der Waals surface area (Å²) in [6, 6.07) is 15.6. The first-order valence-electron chi connectivity index (χ1n) is 10.2. The van der Waals surface area contributed by atoms with Gasteiger partial charge in [-0.15, -0.1) is 0 Å². The number of benzene rings is 3. The molecular weight excluding hydrogens is 476 g/mol. The molecule has 0 radical (unpaired) electrons. The van der Waals surface area contributed by atoms with Crippen LogP contribution in [-0.2, 0) is 4.79 Å². The van der Waals surface area contributed by atoms with Crippen LogP contribution in [0, 0.1) is 17.0 Å². The number of nitro benzene ring substituents is 1. The van der Waals surface area contributed by atoms with Gasteiger partial charge in [-0.3, -0.25) is 19.7 Å². The van der Waals surface area contributed by atoms with Gasteiger partial charge in [0.25, 0.3) is 17.5 Å². The summed E-state index contributed by atoms with van der Waals surface area (Å²) in [6.07, 6.45) is 1.34. The molecular formula is C24H21ClN4O6. The Kier molecular flexibility index (Phi) is 8.36. The van der Waals surface area contributed by atoms with E-state index in [0.717, 1.165) is 5.56 Å². The lowest BCUT2D eigenvalue weighted by molar-refractivity contribution is -0.384. The van der Waals surface area contributed by atoms with Crippen molar-refractivity contribution in [3.8, 4) is 11.5 Å². The molecule has 0 aromatic heterocycles. The highest BCUT2D eigenvalue weighted by Crippen LogP contribution is 2.36. The Balaban J connectivity index is 1.62. The third kappa shape index (κ3) is 7.02. The molecule has 10 nitrogen and oxygen atoms in total. The number of rotatable bonds is 9. The molecule has 180 valence electrons. The molecule has 0 fully saturated rings. The van der Waals surface area contributed by atoms with E-state index in [0.29, 0.717) is 11.3 Å². The molecule has 0 saturated heterocycles. The van der Waals surface area contributed by atoms with Crippen molar-refractivity contribution < 1.29 is 24.0 Å². The second-order valence-electron chi connectivity index (χ2n) is 7.24. The smallest absolute Gasteiger partial charge is 0.271 e. The lowest BCUT2D eigenvalue weighted by Crippen LogP contribution is -2.20. The number of anilines is 1. The van der Waals surface area contributed by atoms with Crippen molar-refractivity contribution in [2.24, 2.45) is 5.10 Å². The van der Waals surface area contributed by atoms with Crippen molar-refractivity contribution in [1.29, 1.82) is 0 Å². The minimum atomic E-state index is -0.555. The van der Waals surface area contributed by atoms with Crippen LogP contribution in [0.25, 0.3) is 0 Å². The maximum absolute atomic E-state index is 12.2. The zero-order valence-corrected chi connectivity index (χ0v) is 19.5. The number of hydrogen-bond donors (Lipinski definition) is 2. The molecule has 0 heterocycles. The Hall–Kier alpha value is -4.44. The highest BCUT2D eigenvalue weighted by Gasteiger charge is 2.14. The lowest BCUT2D eigenvalue weighted by Gasteiger charge is -2.13. The van der Waals surface area contributed by atoms with Crippen molar-refractivity contribution >= 4 is 41.0 Å². The van der Waals surface area contributed by atoms with Crippen molar-refractivity contribution in [2.45, 2.75) is 6.92 Å². The van der Waals surface area contributed by atoms with Crippen LogP contribution in [0.5, 0.6) is 11.5 Å². The number of halogens is 1. The fourth-order valence-electron chi connectivity index (χ4n) is 2.98. The van der Waals surface area contributed by atoms with Crippen LogP contribution < -0.4 is 20.2 Å². The van der Waals surface area contributed by atoms with Gasteiger partial charge in [-0.2, -0.15) is 5.10 Å². The molecule has 35 heavy (non-hydrogen) atoms. The number of amides is 2. The molecule has 3 aromatic carbocycles. The van der Waals surface area contributed by atoms with Crippen LogP contribution in [0.3, 0.4) is 0 Å². The molecule has 2 amide bonds. The summed E-state index contributed by atoms with van der Waals surface area (Å²) in [5.74, 6) is -0.466. The predicted octanol–water partition coefficient (Wildman–Crippen LogP) is 4.35. The Morgan fingerprint density at radius 2 is 1.89 bits per heavy atom. The van der Waals surface area contributed by atoms with E-state index in [1.54, 1.807) is 12.1 Å². The van der Waals surface area contributed by atoms with E-state index < -0.39 is 10.8 Å². The largest absolute Gasteiger partial charge is 0.493 e. The Morgan fingerprint density at radius 3 is 2.54 bits per heavy atom. The number of nitrogens with zero attached hydrogens (tertiary/aromatic N) is 2. The van der Waals surface area contributed by atoms with Crippen molar-refractivity contribution in [1.82, 2.24) is 5.43 Å². The summed E-state index contributed by atoms with van der Waals surface area (Å²) in [7, 11) is 1.42. The molecule has 0 aliphatic carbocycles. The number of non-ortho nitro benzene ring substituents is 1. The SMILES string of the molecule is COc1cc(/C=N/NC(=O)c2ccc([N+](=O)[O-])cc2)cc(Cl)c1OCC(=O)Nc1cccc(C)c1. The average molecular weight is 497 g/mol. The monoisotopic (exact) mass is 496 g/mol. The molecule has 0 unspecified atom stereocenters. The summed E-state index contributed by atoms with van der Waals surface area (Å²) in [4.78, 5) is 34.5. The minimum Gasteiger partial charge on any atom is -0.493 e. The number of hydrogen-bond acceptors (Lipinski definition) is 7. The van der Waals surface area contributed by atoms with Gasteiger partial charge < -0.3 is 14.8 Å². The lowest BCUT2D eigenvalue weighted by atomic mass is 10.2. The summed E-state index contributed by atoms with van der Waals surface area (Å²) in [6.45, 7) is 1.63. The van der Waals surface area contributed by atoms with Gasteiger partial charge in [0.1, 0.15) is 0 Å². The van der Waals surface area contributed by atoms with E-state index in [2.05, 4.69) is 15.8 Å². The highest BCUT2D eigenvalue weighted by molar-refractivity contribution is 6.32. The van der Waals surface area contributed by atoms with Crippen molar-refractivity contribution in [3.63, 3.8) is 0 Å². The summed E-state index contributed by atoms with van der Waals surface area (Å²) in [5.41, 5.74) is 4.56. The maximum Gasteiger partial charge on any atom is 0.271 e. The molecule has 0 bridgehead atoms. The van der Waals surface area contributed by atoms with Crippen LogP contribution in [-0.4, -0.2) is 36.7 Å². The van der Waals surface area contributed by atoms with Gasteiger partial charge in [0.2, 0.25) is 0 Å². The van der Waals surface area contributed by atoms with E-state index in [1.165, 1.54) is 43.7 Å². The fourth-order valence-corrected chi connectivity index (χ4v) is 3.25. The van der Waals surface area contributed by atoms with Crippen molar-refractivity contribution in [3.05, 3.63) is 92.5 Å². The van der Waals surface area contributed by atoms with Crippen molar-refractivity contribution in [2.75, 3.05) is 19.0 Å². The molecule has 3 rings (SSSR count). The fraction of sp³-hybridized carbons (Fsp3) is 0.125. The van der Waals surface area contributed by atoms with Gasteiger partial charge in [-0.1, -0.05) is 23.7 Å². The number of ether oxygens (including phenoxy) is 2. The standard InChI is InChI=1S/C24H21ClN4O6/c1-15-4-3-5-18(10-15)27-22(30)14-35-23-20(25)11-16(12-21(23)34-2)13-26-28-24(31)17-6-8-19(9-7-17)29(32)33/h3-13H,14H2,1-2H3,(H,27,30)(H,28,31)/b26-13+. The zero-order chi connectivity index (χ0) is 25.4. The first-order chi connectivity index (χ1) is 16.8. The zero-order valence-electron chi connectivity index (χ0n) is 18.8. The number of methoxy groups -OCH3 is 1. The van der Waals surface area contributed by atoms with Crippen LogP contribution >= 0.6 is 11.6 Å². The second kappa shape index (κ2) is 11.6. The van der Waals surface area contributed by atoms with E-state index in [1.807, 2.05) is 25.1 Å². The number of carbonyl (C=O) groups excluding carboxylic acids is 2. The van der Waals surface area contributed by atoms with Gasteiger partial charge in [0, 0.05) is 23.4 Å². The van der Waals surface area contributed by atoms with Crippen LogP contribution in [0.4, 0.5) is 11.4 Å². The van der Waals surface area contributed by atoms with E-state index in [-0.39, 0.29) is 40.3 Å². The average Bonchev–Trinajstić information content (AvgIpc) is 2.83. The first-order valence-corrected chi connectivity index (χ1v) is 10.6. The number of nitro groups is 1. The Bertz CT molecular complexity index is 1280. The quantitative estimate of drug-likeness (QED) is 0.257. The first kappa shape index (κ1) is 25.2. The number of carbonyl (C=O) groups is 2. The molecule has 0 spiro atoms. The van der Waals surface area contributed by atoms with Crippen LogP contribution in [0.2, 0.25) is 5.02 Å². The molecule has 11 heteroatoms. The maximum atomic E-state index is 12.2. The normalized spacial score (nSPS) is 10.6. The van der Waals surface area contributed by atoms with Gasteiger partial charge in [-0.05, 0) is 54.4 Å². The number of hydrazone groups is 1. The number of nitrogens with one attached hydrogen (secondary N) is 2. The Labute approximate surface area is 205 Å². The van der Waals surface area contributed by atoms with Crippen LogP contribution in [0.15, 0.2) is 65.8 Å². The minimum absolute atomic E-state index is 0.123. The van der Waals surface area contributed by atoms with Gasteiger partial charge in [0.05, 0.1) is 23.3 Å². The molecule has 2 N–H and O–H groups in total. The van der Waals surface area contributed by atoms with Gasteiger partial charge in [0.15, 0.2) is 18.1 Å².